The molecule has 0 bridgehead atoms. The summed E-state index contributed by atoms with van der Waals surface area (Å²) < 4.78 is 40.6. The molecule has 1 aliphatic heterocycles. The smallest absolute Gasteiger partial charge is 0.182 e. The van der Waals surface area contributed by atoms with Gasteiger partial charge in [-0.1, -0.05) is 17.7 Å². The van der Waals surface area contributed by atoms with Gasteiger partial charge in [0.1, 0.15) is 23.4 Å². The number of aryl methyl sites for hydroxylation is 1. The molecule has 0 radical (unpaired) electrons. The topological polar surface area (TPSA) is 122 Å². The maximum absolute atomic E-state index is 13.6. The summed E-state index contributed by atoms with van der Waals surface area (Å²) in [7, 11) is -2.34. The van der Waals surface area contributed by atoms with E-state index in [1.165, 1.54) is 19.5 Å². The van der Waals surface area contributed by atoms with Crippen LogP contribution in [0.5, 0.6) is 0 Å². The predicted octanol–water partition coefficient (Wildman–Crippen LogP) is 3.91. The lowest BCUT2D eigenvalue weighted by Crippen LogP contribution is -2.32. The summed E-state index contributed by atoms with van der Waals surface area (Å²) in [6.45, 7) is 6.17. The lowest BCUT2D eigenvalue weighted by atomic mass is 10.0. The second-order valence-corrected chi connectivity index (χ2v) is 11.8. The average molecular weight is 535 g/mol. The van der Waals surface area contributed by atoms with Gasteiger partial charge in [-0.15, -0.1) is 10.2 Å². The third-order valence-corrected chi connectivity index (χ3v) is 8.75. The minimum absolute atomic E-state index is 0.0774. The van der Waals surface area contributed by atoms with Crippen molar-refractivity contribution < 1.29 is 17.9 Å². The standard InChI is InChI=1S/C24H31ClN6O4S/c1-15-8-7-9-19(28-15)24-30-29-21(31(24)16(2)20-10-5-6-11-35-20)14-36(32,33)17(3)22(34-4)23-26-12-18(25)13-27-23/h7-9,12-13,16-17,20,22H,5-6,10-11,14H2,1-4H3/t16-,17-,20+,22-/m0/s1. The van der Waals surface area contributed by atoms with Crippen LogP contribution in [0, 0.1) is 6.92 Å². The van der Waals surface area contributed by atoms with Crippen LogP contribution in [-0.4, -0.2) is 63.2 Å². The number of nitrogens with zero attached hydrogens (tertiary/aromatic N) is 6. The Bertz CT molecular complexity index is 1280. The van der Waals surface area contributed by atoms with Crippen LogP contribution in [-0.2, 0) is 25.1 Å². The Morgan fingerprint density at radius 1 is 1.19 bits per heavy atom. The first-order valence-electron chi connectivity index (χ1n) is 11.9. The van der Waals surface area contributed by atoms with Gasteiger partial charge in [0, 0.05) is 31.8 Å². The van der Waals surface area contributed by atoms with Crippen LogP contribution < -0.4 is 0 Å². The third-order valence-electron chi connectivity index (χ3n) is 6.52. The molecule has 0 amide bonds. The fourth-order valence-corrected chi connectivity index (χ4v) is 6.01. The van der Waals surface area contributed by atoms with E-state index < -0.39 is 21.2 Å². The second-order valence-electron chi connectivity index (χ2n) is 9.05. The summed E-state index contributed by atoms with van der Waals surface area (Å²) in [6, 6.07) is 5.46. The van der Waals surface area contributed by atoms with E-state index in [9.17, 15) is 8.42 Å². The highest BCUT2D eigenvalue weighted by Gasteiger charge is 2.36. The largest absolute Gasteiger partial charge is 0.376 e. The van der Waals surface area contributed by atoms with Gasteiger partial charge in [-0.3, -0.25) is 0 Å². The SMILES string of the molecule is CO[C@H](c1ncc(Cl)cn1)[C@H](C)S(=O)(=O)Cc1nnc(-c2cccc(C)n2)n1[C@@H](C)[C@H]1CCCCO1. The fourth-order valence-electron chi connectivity index (χ4n) is 4.48. The van der Waals surface area contributed by atoms with E-state index >= 15 is 0 Å². The van der Waals surface area contributed by atoms with Crippen molar-refractivity contribution >= 4 is 21.4 Å². The van der Waals surface area contributed by atoms with Crippen molar-refractivity contribution in [2.75, 3.05) is 13.7 Å². The van der Waals surface area contributed by atoms with Crippen LogP contribution in [0.3, 0.4) is 0 Å². The highest BCUT2D eigenvalue weighted by atomic mass is 35.5. The van der Waals surface area contributed by atoms with Gasteiger partial charge in [0.05, 0.1) is 22.4 Å². The maximum Gasteiger partial charge on any atom is 0.182 e. The molecule has 1 fully saturated rings. The van der Waals surface area contributed by atoms with Crippen LogP contribution >= 0.6 is 11.6 Å². The Kier molecular flexibility index (Phi) is 8.34. The molecule has 1 saturated heterocycles. The maximum atomic E-state index is 13.6. The van der Waals surface area contributed by atoms with E-state index in [1.807, 2.05) is 36.6 Å². The van der Waals surface area contributed by atoms with E-state index in [0.29, 0.717) is 29.0 Å². The number of hydrogen-bond donors (Lipinski definition) is 0. The number of pyridine rings is 1. The Labute approximate surface area is 216 Å². The van der Waals surface area contributed by atoms with Gasteiger partial charge in [0.15, 0.2) is 21.5 Å². The quantitative estimate of drug-likeness (QED) is 0.402. The fraction of sp³-hybridized carbons (Fsp3) is 0.542. The van der Waals surface area contributed by atoms with E-state index in [1.54, 1.807) is 6.92 Å². The van der Waals surface area contributed by atoms with Crippen molar-refractivity contribution in [1.29, 1.82) is 0 Å². The molecule has 4 rings (SSSR count). The Morgan fingerprint density at radius 2 is 1.94 bits per heavy atom. The second kappa shape index (κ2) is 11.3. The van der Waals surface area contributed by atoms with E-state index in [2.05, 4.69) is 25.1 Å². The van der Waals surface area contributed by atoms with Crippen LogP contribution in [0.1, 0.15) is 62.6 Å². The summed E-state index contributed by atoms with van der Waals surface area (Å²) in [4.78, 5) is 12.9. The van der Waals surface area contributed by atoms with Crippen molar-refractivity contribution in [2.24, 2.45) is 0 Å². The van der Waals surface area contributed by atoms with Crippen molar-refractivity contribution in [3.63, 3.8) is 0 Å². The zero-order chi connectivity index (χ0) is 25.9. The summed E-state index contributed by atoms with van der Waals surface area (Å²) in [5.74, 6) is 0.752. The molecule has 3 aromatic heterocycles. The van der Waals surface area contributed by atoms with Crippen LogP contribution in [0.25, 0.3) is 11.5 Å². The van der Waals surface area contributed by atoms with Crippen LogP contribution in [0.2, 0.25) is 5.02 Å². The van der Waals surface area contributed by atoms with Crippen molar-refractivity contribution in [1.82, 2.24) is 29.7 Å². The van der Waals surface area contributed by atoms with Crippen LogP contribution in [0.15, 0.2) is 30.6 Å². The van der Waals surface area contributed by atoms with Crippen molar-refractivity contribution in [2.45, 2.75) is 69.3 Å². The molecule has 0 aromatic carbocycles. The molecule has 3 aromatic rings. The molecular weight excluding hydrogens is 504 g/mol. The molecule has 0 spiro atoms. The summed E-state index contributed by atoms with van der Waals surface area (Å²) in [6.07, 6.45) is 4.82. The van der Waals surface area contributed by atoms with E-state index in [4.69, 9.17) is 21.1 Å². The Balaban J connectivity index is 1.70. The first-order chi connectivity index (χ1) is 17.2. The summed E-state index contributed by atoms with van der Waals surface area (Å²) >= 11 is 5.89. The lowest BCUT2D eigenvalue weighted by molar-refractivity contribution is -0.0125. The average Bonchev–Trinajstić information content (AvgIpc) is 3.28. The summed E-state index contributed by atoms with van der Waals surface area (Å²) in [5.41, 5.74) is 1.46. The van der Waals surface area contributed by atoms with Gasteiger partial charge in [-0.05, 0) is 52.2 Å². The minimum atomic E-state index is -3.77. The molecular formula is C24H31ClN6O4S. The van der Waals surface area contributed by atoms with Gasteiger partial charge in [-0.2, -0.15) is 0 Å². The Morgan fingerprint density at radius 3 is 2.58 bits per heavy atom. The molecule has 36 heavy (non-hydrogen) atoms. The Hall–Kier alpha value is -2.47. The normalized spacial score (nSPS) is 19.1. The van der Waals surface area contributed by atoms with Gasteiger partial charge in [0.25, 0.3) is 0 Å². The molecule has 0 saturated carbocycles. The zero-order valence-electron chi connectivity index (χ0n) is 20.8. The van der Waals surface area contributed by atoms with Gasteiger partial charge >= 0.3 is 0 Å². The molecule has 0 unspecified atom stereocenters. The lowest BCUT2D eigenvalue weighted by Gasteiger charge is -2.30. The molecule has 0 aliphatic carbocycles. The first kappa shape index (κ1) is 26.6. The predicted molar refractivity (Wildman–Crippen MR) is 135 cm³/mol. The molecule has 0 N–H and O–H groups in total. The number of rotatable bonds is 9. The van der Waals surface area contributed by atoms with E-state index in [0.717, 1.165) is 25.0 Å². The first-order valence-corrected chi connectivity index (χ1v) is 14.0. The summed E-state index contributed by atoms with van der Waals surface area (Å²) in [5, 5.41) is 8.11. The monoisotopic (exact) mass is 534 g/mol. The molecule has 12 heteroatoms. The highest BCUT2D eigenvalue weighted by molar-refractivity contribution is 7.91. The minimum Gasteiger partial charge on any atom is -0.376 e. The molecule has 194 valence electrons. The highest BCUT2D eigenvalue weighted by Crippen LogP contribution is 2.31. The number of halogens is 1. The molecule has 4 heterocycles. The van der Waals surface area contributed by atoms with Gasteiger partial charge in [-0.25, -0.2) is 23.4 Å². The molecule has 10 nitrogen and oxygen atoms in total. The van der Waals surface area contributed by atoms with Crippen molar-refractivity contribution in [3.05, 3.63) is 53.0 Å². The van der Waals surface area contributed by atoms with E-state index in [-0.39, 0.29) is 23.7 Å². The molecule has 4 atom stereocenters. The third kappa shape index (κ3) is 5.74. The van der Waals surface area contributed by atoms with Gasteiger partial charge in [0.2, 0.25) is 0 Å². The van der Waals surface area contributed by atoms with Crippen LogP contribution in [0.4, 0.5) is 0 Å². The number of methoxy groups -OCH3 is 1. The van der Waals surface area contributed by atoms with Crippen molar-refractivity contribution in [3.8, 4) is 11.5 Å². The number of ether oxygens (including phenoxy) is 2. The molecule has 1 aliphatic rings. The number of sulfone groups is 1. The number of aromatic nitrogens is 6. The number of hydrogen-bond acceptors (Lipinski definition) is 9. The zero-order valence-corrected chi connectivity index (χ0v) is 22.4. The van der Waals surface area contributed by atoms with Gasteiger partial charge < -0.3 is 14.0 Å².